The van der Waals surface area contributed by atoms with Crippen LogP contribution >= 0.6 is 0 Å². The van der Waals surface area contributed by atoms with Crippen molar-refractivity contribution in [1.29, 1.82) is 0 Å². The summed E-state index contributed by atoms with van der Waals surface area (Å²) in [6, 6.07) is 9.60. The van der Waals surface area contributed by atoms with Crippen LogP contribution in [0.3, 0.4) is 0 Å². The molecule has 31 heavy (non-hydrogen) atoms. The van der Waals surface area contributed by atoms with Crippen LogP contribution in [0.4, 0.5) is 24.5 Å². The Bertz CT molecular complexity index is 1260. The molecule has 1 amide bonds. The Morgan fingerprint density at radius 3 is 2.52 bits per heavy atom. The van der Waals surface area contributed by atoms with Crippen LogP contribution in [0.25, 0.3) is 5.69 Å². The van der Waals surface area contributed by atoms with Crippen LogP contribution in [0.2, 0.25) is 0 Å². The minimum absolute atomic E-state index is 0.0255. The van der Waals surface area contributed by atoms with E-state index in [0.717, 1.165) is 16.8 Å². The maximum absolute atomic E-state index is 12.8. The van der Waals surface area contributed by atoms with Gasteiger partial charge in [-0.05, 0) is 35.0 Å². The summed E-state index contributed by atoms with van der Waals surface area (Å²) in [5.74, 6) is -0.581. The molecule has 0 aliphatic heterocycles. The van der Waals surface area contributed by atoms with Crippen molar-refractivity contribution >= 4 is 27.3 Å². The minimum atomic E-state index is -4.67. The average molecular weight is 453 g/mol. The second-order valence-electron chi connectivity index (χ2n) is 6.34. The van der Waals surface area contributed by atoms with Crippen LogP contribution in [-0.2, 0) is 27.4 Å². The molecule has 3 aromatic rings. The molecule has 0 saturated heterocycles. The van der Waals surface area contributed by atoms with Crippen LogP contribution in [0.5, 0.6) is 0 Å². The SMILES string of the molecule is NS(=O)(=O)c1cc(NC(=O)Cc2ccccc2N=O)ccc1-n1cc(C(F)(F)F)cn1. The number of anilines is 1. The molecule has 0 fully saturated rings. The molecular formula is C18H14F3N5O4S. The van der Waals surface area contributed by atoms with Crippen LogP contribution in [0, 0.1) is 4.91 Å². The van der Waals surface area contributed by atoms with Crippen molar-refractivity contribution in [2.75, 3.05) is 5.32 Å². The van der Waals surface area contributed by atoms with Crippen molar-refractivity contribution < 1.29 is 26.4 Å². The lowest BCUT2D eigenvalue weighted by molar-refractivity contribution is -0.137. The van der Waals surface area contributed by atoms with E-state index in [2.05, 4.69) is 15.6 Å². The van der Waals surface area contributed by atoms with Crippen LogP contribution in [0.1, 0.15) is 11.1 Å². The van der Waals surface area contributed by atoms with Crippen molar-refractivity contribution in [3.63, 3.8) is 0 Å². The second-order valence-corrected chi connectivity index (χ2v) is 7.87. The van der Waals surface area contributed by atoms with Gasteiger partial charge in [0.2, 0.25) is 15.9 Å². The lowest BCUT2D eigenvalue weighted by Gasteiger charge is -2.12. The van der Waals surface area contributed by atoms with E-state index in [0.29, 0.717) is 18.0 Å². The van der Waals surface area contributed by atoms with Gasteiger partial charge < -0.3 is 5.32 Å². The highest BCUT2D eigenvalue weighted by atomic mass is 32.2. The van der Waals surface area contributed by atoms with Gasteiger partial charge >= 0.3 is 6.18 Å². The molecule has 2 aromatic carbocycles. The van der Waals surface area contributed by atoms with Crippen LogP contribution < -0.4 is 10.5 Å². The van der Waals surface area contributed by atoms with Gasteiger partial charge in [0.05, 0.1) is 23.9 Å². The van der Waals surface area contributed by atoms with Gasteiger partial charge in [-0.25, -0.2) is 18.2 Å². The Morgan fingerprint density at radius 1 is 1.19 bits per heavy atom. The number of primary sulfonamides is 1. The molecule has 0 aliphatic rings. The number of carbonyl (C=O) groups excluding carboxylic acids is 1. The largest absolute Gasteiger partial charge is 0.419 e. The lowest BCUT2D eigenvalue weighted by atomic mass is 10.1. The molecule has 13 heteroatoms. The highest BCUT2D eigenvalue weighted by molar-refractivity contribution is 7.89. The number of nitrogens with two attached hydrogens (primary N) is 1. The van der Waals surface area contributed by atoms with Gasteiger partial charge in [-0.3, -0.25) is 4.79 Å². The first-order valence-electron chi connectivity index (χ1n) is 8.49. The molecule has 3 N–H and O–H groups in total. The van der Waals surface area contributed by atoms with E-state index in [1.807, 2.05) is 0 Å². The number of hydrogen-bond acceptors (Lipinski definition) is 6. The Morgan fingerprint density at radius 2 is 1.90 bits per heavy atom. The molecule has 162 valence electrons. The van der Waals surface area contributed by atoms with E-state index in [1.165, 1.54) is 18.2 Å². The normalized spacial score (nSPS) is 11.9. The zero-order valence-corrected chi connectivity index (χ0v) is 16.3. The fourth-order valence-electron chi connectivity index (χ4n) is 2.74. The number of nitroso groups, excluding NO2 is 1. The smallest absolute Gasteiger partial charge is 0.326 e. The summed E-state index contributed by atoms with van der Waals surface area (Å²) >= 11 is 0. The van der Waals surface area contributed by atoms with Crippen molar-refractivity contribution in [3.8, 4) is 5.69 Å². The third-order valence-electron chi connectivity index (χ3n) is 4.15. The number of sulfonamides is 1. The first-order chi connectivity index (χ1) is 14.5. The molecule has 0 saturated carbocycles. The summed E-state index contributed by atoms with van der Waals surface area (Å²) in [4.78, 5) is 22.6. The van der Waals surface area contributed by atoms with E-state index < -0.39 is 32.6 Å². The number of aromatic nitrogens is 2. The number of halogens is 3. The predicted molar refractivity (Wildman–Crippen MR) is 104 cm³/mol. The summed E-state index contributed by atoms with van der Waals surface area (Å²) < 4.78 is 63.2. The number of hydrogen-bond donors (Lipinski definition) is 2. The number of rotatable bonds is 6. The number of nitrogens with zero attached hydrogens (tertiary/aromatic N) is 3. The Balaban J connectivity index is 1.91. The van der Waals surface area contributed by atoms with Crippen LogP contribution in [0.15, 0.2) is 64.9 Å². The molecular weight excluding hydrogens is 439 g/mol. The third kappa shape index (κ3) is 5.13. The number of alkyl halides is 3. The maximum Gasteiger partial charge on any atom is 0.419 e. The molecule has 3 rings (SSSR count). The molecule has 0 aliphatic carbocycles. The van der Waals surface area contributed by atoms with Crippen molar-refractivity contribution in [3.05, 3.63) is 70.9 Å². The number of amides is 1. The molecule has 0 unspecified atom stereocenters. The average Bonchev–Trinajstić information content (AvgIpc) is 3.18. The maximum atomic E-state index is 12.8. The van der Waals surface area contributed by atoms with Gasteiger partial charge in [-0.2, -0.15) is 18.3 Å². The summed E-state index contributed by atoms with van der Waals surface area (Å²) in [7, 11) is -4.39. The molecule has 1 aromatic heterocycles. The number of carbonyl (C=O) groups is 1. The monoisotopic (exact) mass is 453 g/mol. The molecule has 0 bridgehead atoms. The van der Waals surface area contributed by atoms with E-state index in [4.69, 9.17) is 5.14 Å². The fourth-order valence-corrected chi connectivity index (χ4v) is 3.48. The molecule has 0 atom stereocenters. The summed E-state index contributed by atoms with van der Waals surface area (Å²) in [6.07, 6.45) is -3.73. The lowest BCUT2D eigenvalue weighted by Crippen LogP contribution is -2.18. The van der Waals surface area contributed by atoms with Gasteiger partial charge in [-0.15, -0.1) is 4.91 Å². The summed E-state index contributed by atoms with van der Waals surface area (Å²) in [5.41, 5.74) is -0.844. The van der Waals surface area contributed by atoms with Crippen molar-refractivity contribution in [1.82, 2.24) is 9.78 Å². The first-order valence-corrected chi connectivity index (χ1v) is 10.0. The summed E-state index contributed by atoms with van der Waals surface area (Å²) in [5, 5.41) is 14.0. The molecule has 0 spiro atoms. The topological polar surface area (TPSA) is 137 Å². The van der Waals surface area contributed by atoms with Gasteiger partial charge in [0.15, 0.2) is 0 Å². The predicted octanol–water partition coefficient (Wildman–Crippen LogP) is 3.12. The highest BCUT2D eigenvalue weighted by Crippen LogP contribution is 2.30. The standard InChI is InChI=1S/C18H14F3N5O4S/c19-18(20,21)12-9-23-26(10-12)15-6-5-13(8-16(15)31(22,29)30)24-17(27)7-11-3-1-2-4-14(11)25-28/h1-6,8-10H,7H2,(H,24,27)(H2,22,29,30). The molecule has 0 radical (unpaired) electrons. The Kier molecular flexibility index (Phi) is 5.90. The third-order valence-corrected chi connectivity index (χ3v) is 5.09. The fraction of sp³-hybridized carbons (Fsp3) is 0.111. The molecule has 9 nitrogen and oxygen atoms in total. The van der Waals surface area contributed by atoms with Gasteiger partial charge in [0.1, 0.15) is 10.6 Å². The van der Waals surface area contributed by atoms with Gasteiger partial charge in [0, 0.05) is 11.9 Å². The summed E-state index contributed by atoms with van der Waals surface area (Å²) in [6.45, 7) is 0. The number of benzene rings is 2. The quantitative estimate of drug-likeness (QED) is 0.553. The van der Waals surface area contributed by atoms with Crippen molar-refractivity contribution in [2.45, 2.75) is 17.5 Å². The molecule has 1 heterocycles. The van der Waals surface area contributed by atoms with E-state index in [1.54, 1.807) is 12.1 Å². The van der Waals surface area contributed by atoms with E-state index >= 15 is 0 Å². The van der Waals surface area contributed by atoms with Crippen molar-refractivity contribution in [2.24, 2.45) is 10.3 Å². The Labute approximate surface area is 173 Å². The van der Waals surface area contributed by atoms with Crippen LogP contribution in [-0.4, -0.2) is 24.1 Å². The first kappa shape index (κ1) is 22.1. The van der Waals surface area contributed by atoms with E-state index in [-0.39, 0.29) is 23.5 Å². The second kappa shape index (κ2) is 8.28. The Hall–Kier alpha value is -3.58. The highest BCUT2D eigenvalue weighted by Gasteiger charge is 2.32. The number of nitrogens with one attached hydrogen (secondary N) is 1. The zero-order chi connectivity index (χ0) is 22.8. The van der Waals surface area contributed by atoms with Gasteiger partial charge in [-0.1, -0.05) is 18.2 Å². The van der Waals surface area contributed by atoms with E-state index in [9.17, 15) is 31.3 Å². The minimum Gasteiger partial charge on any atom is -0.326 e. The zero-order valence-electron chi connectivity index (χ0n) is 15.5. The van der Waals surface area contributed by atoms with Gasteiger partial charge in [0.25, 0.3) is 0 Å².